The lowest BCUT2D eigenvalue weighted by molar-refractivity contribution is -0.137. The fourth-order valence-corrected chi connectivity index (χ4v) is 3.77. The largest absolute Gasteiger partial charge is 0.370 e. The highest BCUT2D eigenvalue weighted by Crippen LogP contribution is 2.30. The maximum atomic E-state index is 12.5. The van der Waals surface area contributed by atoms with Gasteiger partial charge in [0, 0.05) is 18.5 Å². The summed E-state index contributed by atoms with van der Waals surface area (Å²) in [6.45, 7) is 3.87. The maximum Gasteiger partial charge on any atom is 0.228 e. The molecule has 0 N–H and O–H groups in total. The average molecular weight is 319 g/mol. The lowest BCUT2D eigenvalue weighted by Crippen LogP contribution is -2.50. The van der Waals surface area contributed by atoms with Crippen LogP contribution in [0.25, 0.3) is 0 Å². The van der Waals surface area contributed by atoms with Crippen LogP contribution in [0.2, 0.25) is 0 Å². The van der Waals surface area contributed by atoms with Gasteiger partial charge in [-0.25, -0.2) is 9.67 Å². The second kappa shape index (κ2) is 5.44. The molecule has 4 rings (SSSR count). The van der Waals surface area contributed by atoms with Crippen LogP contribution in [0.1, 0.15) is 28.9 Å². The lowest BCUT2D eigenvalue weighted by Gasteiger charge is -2.41. The number of hydrogen-bond acceptors (Lipinski definition) is 6. The number of carbonyl (C=O) groups excluding carboxylic acids is 1. The Morgan fingerprint density at radius 3 is 3.27 bits per heavy atom. The van der Waals surface area contributed by atoms with Crippen LogP contribution in [0, 0.1) is 6.92 Å². The quantitative estimate of drug-likeness (QED) is 0.824. The molecule has 0 spiro atoms. The number of piperidine rings is 1. The molecule has 8 heteroatoms. The summed E-state index contributed by atoms with van der Waals surface area (Å²) in [6.07, 6.45) is 3.06. The first-order chi connectivity index (χ1) is 10.7. The molecule has 0 bridgehead atoms. The van der Waals surface area contributed by atoms with Gasteiger partial charge in [0.25, 0.3) is 0 Å². The van der Waals surface area contributed by atoms with Crippen molar-refractivity contribution < 1.29 is 9.53 Å². The number of ether oxygens (including phenoxy) is 1. The van der Waals surface area contributed by atoms with E-state index in [4.69, 9.17) is 4.74 Å². The van der Waals surface area contributed by atoms with Crippen molar-refractivity contribution in [3.05, 3.63) is 28.0 Å². The van der Waals surface area contributed by atoms with E-state index in [0.717, 1.165) is 29.4 Å². The van der Waals surface area contributed by atoms with Crippen molar-refractivity contribution in [1.29, 1.82) is 0 Å². The summed E-state index contributed by atoms with van der Waals surface area (Å²) >= 11 is 1.58. The number of thiazole rings is 1. The predicted molar refractivity (Wildman–Crippen MR) is 79.4 cm³/mol. The van der Waals surface area contributed by atoms with Crippen molar-refractivity contribution >= 4 is 17.2 Å². The van der Waals surface area contributed by atoms with Crippen LogP contribution >= 0.6 is 11.3 Å². The van der Waals surface area contributed by atoms with Crippen molar-refractivity contribution in [3.63, 3.8) is 0 Å². The standard InChI is InChI=1S/C14H17N5O2S/c1-9-16-10(8-22-9)4-14(20)18-3-2-13-12(6-18)19-11(7-21-13)5-15-17-19/h5,8,12-13H,2-4,6-7H2,1H3. The third-order valence-electron chi connectivity index (χ3n) is 4.28. The van der Waals surface area contributed by atoms with Gasteiger partial charge in [-0.05, 0) is 13.3 Å². The molecule has 2 aliphatic heterocycles. The summed E-state index contributed by atoms with van der Waals surface area (Å²) in [7, 11) is 0. The summed E-state index contributed by atoms with van der Waals surface area (Å²) in [5.74, 6) is 0.121. The first-order valence-electron chi connectivity index (χ1n) is 7.40. The SMILES string of the molecule is Cc1nc(CC(=O)N2CCC3OCc4cnnn4C3C2)cs1. The van der Waals surface area contributed by atoms with Gasteiger partial charge >= 0.3 is 0 Å². The topological polar surface area (TPSA) is 73.1 Å². The Balaban J connectivity index is 1.48. The zero-order valence-electron chi connectivity index (χ0n) is 12.3. The van der Waals surface area contributed by atoms with E-state index < -0.39 is 0 Å². The van der Waals surface area contributed by atoms with Crippen LogP contribution in [0.4, 0.5) is 0 Å². The Bertz CT molecular complexity index is 697. The molecule has 2 atom stereocenters. The summed E-state index contributed by atoms with van der Waals surface area (Å²) in [4.78, 5) is 18.8. The van der Waals surface area contributed by atoms with Crippen LogP contribution in [0.3, 0.4) is 0 Å². The molecule has 2 aromatic heterocycles. The molecule has 22 heavy (non-hydrogen) atoms. The van der Waals surface area contributed by atoms with Crippen LogP contribution in [-0.4, -0.2) is 50.0 Å². The number of nitrogens with zero attached hydrogens (tertiary/aromatic N) is 5. The summed E-state index contributed by atoms with van der Waals surface area (Å²) in [5, 5.41) is 11.1. The van der Waals surface area contributed by atoms with Crippen LogP contribution < -0.4 is 0 Å². The van der Waals surface area contributed by atoms with E-state index in [-0.39, 0.29) is 18.1 Å². The van der Waals surface area contributed by atoms with E-state index in [1.54, 1.807) is 17.5 Å². The fraction of sp³-hybridized carbons (Fsp3) is 0.571. The van der Waals surface area contributed by atoms with Crippen molar-refractivity contribution in [2.75, 3.05) is 13.1 Å². The van der Waals surface area contributed by atoms with Crippen molar-refractivity contribution in [3.8, 4) is 0 Å². The number of likely N-dealkylation sites (tertiary alicyclic amines) is 1. The number of aryl methyl sites for hydroxylation is 1. The maximum absolute atomic E-state index is 12.5. The Labute approximate surface area is 131 Å². The fourth-order valence-electron chi connectivity index (χ4n) is 3.16. The lowest BCUT2D eigenvalue weighted by atomic mass is 10.00. The minimum absolute atomic E-state index is 0.0705. The van der Waals surface area contributed by atoms with Gasteiger partial charge in [-0.3, -0.25) is 4.79 Å². The highest BCUT2D eigenvalue weighted by Gasteiger charge is 2.37. The first-order valence-corrected chi connectivity index (χ1v) is 8.28. The third kappa shape index (κ3) is 2.42. The molecule has 1 fully saturated rings. The molecule has 1 amide bonds. The Kier molecular flexibility index (Phi) is 3.42. The molecule has 7 nitrogen and oxygen atoms in total. The molecule has 4 heterocycles. The molecule has 116 valence electrons. The van der Waals surface area contributed by atoms with Gasteiger partial charge in [-0.2, -0.15) is 0 Å². The molecular weight excluding hydrogens is 302 g/mol. The van der Waals surface area contributed by atoms with Crippen molar-refractivity contribution in [2.45, 2.75) is 38.5 Å². The van der Waals surface area contributed by atoms with Crippen molar-refractivity contribution in [1.82, 2.24) is 24.9 Å². The number of rotatable bonds is 2. The second-order valence-electron chi connectivity index (χ2n) is 5.75. The zero-order valence-corrected chi connectivity index (χ0v) is 13.1. The number of carbonyl (C=O) groups is 1. The van der Waals surface area contributed by atoms with Gasteiger partial charge in [0.2, 0.25) is 5.91 Å². The van der Waals surface area contributed by atoms with E-state index in [1.165, 1.54) is 0 Å². The molecule has 1 saturated heterocycles. The van der Waals surface area contributed by atoms with Gasteiger partial charge in [-0.15, -0.1) is 16.4 Å². The number of fused-ring (bicyclic) bond motifs is 3. The van der Waals surface area contributed by atoms with E-state index in [2.05, 4.69) is 15.3 Å². The number of aromatic nitrogens is 4. The number of hydrogen-bond donors (Lipinski definition) is 0. The Morgan fingerprint density at radius 2 is 2.45 bits per heavy atom. The van der Waals surface area contributed by atoms with Crippen molar-refractivity contribution in [2.24, 2.45) is 0 Å². The molecule has 0 aromatic carbocycles. The molecule has 2 unspecified atom stereocenters. The number of amides is 1. The summed E-state index contributed by atoms with van der Waals surface area (Å²) in [6, 6.07) is 0.0705. The highest BCUT2D eigenvalue weighted by molar-refractivity contribution is 7.09. The molecule has 0 radical (unpaired) electrons. The van der Waals surface area contributed by atoms with E-state index >= 15 is 0 Å². The van der Waals surface area contributed by atoms with E-state index in [9.17, 15) is 4.79 Å². The van der Waals surface area contributed by atoms with Crippen LogP contribution in [0.5, 0.6) is 0 Å². The normalized spacial score (nSPS) is 24.0. The molecule has 0 aliphatic carbocycles. The van der Waals surface area contributed by atoms with Gasteiger partial charge in [0.1, 0.15) is 0 Å². The average Bonchev–Trinajstić information content (AvgIpc) is 3.15. The van der Waals surface area contributed by atoms with Gasteiger partial charge in [-0.1, -0.05) is 5.21 Å². The molecule has 2 aromatic rings. The minimum Gasteiger partial charge on any atom is -0.370 e. The van der Waals surface area contributed by atoms with Gasteiger partial charge < -0.3 is 9.64 Å². The Morgan fingerprint density at radius 1 is 1.55 bits per heavy atom. The van der Waals surface area contributed by atoms with Crippen LogP contribution in [0.15, 0.2) is 11.6 Å². The second-order valence-corrected chi connectivity index (χ2v) is 6.81. The zero-order chi connectivity index (χ0) is 15.1. The third-order valence-corrected chi connectivity index (χ3v) is 5.10. The summed E-state index contributed by atoms with van der Waals surface area (Å²) in [5.41, 5.74) is 1.83. The van der Waals surface area contributed by atoms with Crippen LogP contribution in [-0.2, 0) is 22.6 Å². The molecular formula is C14H17N5O2S. The predicted octanol–water partition coefficient (Wildman–Crippen LogP) is 0.958. The first kappa shape index (κ1) is 13.8. The Hall–Kier alpha value is -1.80. The van der Waals surface area contributed by atoms with E-state index in [0.29, 0.717) is 19.6 Å². The minimum atomic E-state index is 0.0705. The molecule has 2 aliphatic rings. The van der Waals surface area contributed by atoms with E-state index in [1.807, 2.05) is 21.9 Å². The highest BCUT2D eigenvalue weighted by atomic mass is 32.1. The van der Waals surface area contributed by atoms with Gasteiger partial charge in [0.05, 0.1) is 47.8 Å². The smallest absolute Gasteiger partial charge is 0.228 e. The molecule has 0 saturated carbocycles. The van der Waals surface area contributed by atoms with Gasteiger partial charge in [0.15, 0.2) is 0 Å². The monoisotopic (exact) mass is 319 g/mol. The summed E-state index contributed by atoms with van der Waals surface area (Å²) < 4.78 is 7.78.